The molecule has 3 aliphatic rings. The summed E-state index contributed by atoms with van der Waals surface area (Å²) >= 11 is 0. The summed E-state index contributed by atoms with van der Waals surface area (Å²) < 4.78 is 0. The first kappa shape index (κ1) is 8.54. The van der Waals surface area contributed by atoms with Gasteiger partial charge in [0, 0.05) is 0 Å². The summed E-state index contributed by atoms with van der Waals surface area (Å²) in [6.45, 7) is 0. The second-order valence-corrected chi connectivity index (χ2v) is 3.91. The molecule has 1 unspecified atom stereocenters. The van der Waals surface area contributed by atoms with Gasteiger partial charge in [-0.1, -0.05) is 42.5 Å². The van der Waals surface area contributed by atoms with Gasteiger partial charge in [-0.15, -0.1) is 0 Å². The average Bonchev–Trinajstić information content (AvgIpc) is 2.48. The van der Waals surface area contributed by atoms with Crippen LogP contribution in [-0.4, -0.2) is 6.04 Å². The summed E-state index contributed by atoms with van der Waals surface area (Å²) in [4.78, 5) is 0. The molecule has 0 saturated carbocycles. The fourth-order valence-electron chi connectivity index (χ4n) is 2.23. The van der Waals surface area contributed by atoms with Gasteiger partial charge in [-0.2, -0.15) is 0 Å². The third kappa shape index (κ3) is 1.40. The Morgan fingerprint density at radius 1 is 1.13 bits per heavy atom. The second kappa shape index (κ2) is 3.43. The highest BCUT2D eigenvalue weighted by Gasteiger charge is 2.18. The van der Waals surface area contributed by atoms with Crippen molar-refractivity contribution in [2.24, 2.45) is 0 Å². The van der Waals surface area contributed by atoms with Crippen LogP contribution in [0.1, 0.15) is 6.42 Å². The van der Waals surface area contributed by atoms with E-state index in [4.69, 9.17) is 0 Å². The van der Waals surface area contributed by atoms with Gasteiger partial charge in [0.05, 0.1) is 6.04 Å². The zero-order chi connectivity index (χ0) is 10.1. The van der Waals surface area contributed by atoms with Crippen LogP contribution in [0.2, 0.25) is 0 Å². The van der Waals surface area contributed by atoms with Crippen molar-refractivity contribution in [1.29, 1.82) is 0 Å². The monoisotopic (exact) mass is 195 g/mol. The average molecular weight is 195 g/mol. The van der Waals surface area contributed by atoms with E-state index in [9.17, 15) is 0 Å². The standard InChI is InChI=1S/C14H13N/c1-2-6-12-11(5-1)9-10-15-14-8-4-3-7-13(12)14/h1-5,7-10,14-15H,6H2. The van der Waals surface area contributed by atoms with Crippen molar-refractivity contribution in [3.63, 3.8) is 0 Å². The summed E-state index contributed by atoms with van der Waals surface area (Å²) in [5.74, 6) is 0. The lowest BCUT2D eigenvalue weighted by molar-refractivity contribution is 0.803. The van der Waals surface area contributed by atoms with E-state index in [2.05, 4.69) is 53.9 Å². The lowest BCUT2D eigenvalue weighted by Gasteiger charge is -2.20. The minimum absolute atomic E-state index is 0.346. The van der Waals surface area contributed by atoms with Crippen LogP contribution >= 0.6 is 0 Å². The zero-order valence-corrected chi connectivity index (χ0v) is 8.48. The first-order valence-corrected chi connectivity index (χ1v) is 5.33. The van der Waals surface area contributed by atoms with Crippen molar-refractivity contribution < 1.29 is 0 Å². The molecule has 0 saturated heterocycles. The Labute approximate surface area is 89.9 Å². The van der Waals surface area contributed by atoms with Crippen LogP contribution in [0.3, 0.4) is 0 Å². The number of fused-ring (bicyclic) bond motifs is 2. The molecule has 0 aromatic rings. The molecule has 1 atom stereocenters. The molecule has 15 heavy (non-hydrogen) atoms. The van der Waals surface area contributed by atoms with Gasteiger partial charge in [-0.3, -0.25) is 0 Å². The first-order chi connectivity index (χ1) is 7.45. The van der Waals surface area contributed by atoms with Gasteiger partial charge in [-0.05, 0) is 35.4 Å². The highest BCUT2D eigenvalue weighted by Crippen LogP contribution is 2.30. The first-order valence-electron chi connectivity index (χ1n) is 5.33. The second-order valence-electron chi connectivity index (χ2n) is 3.91. The third-order valence-corrected chi connectivity index (χ3v) is 2.99. The normalized spacial score (nSPS) is 26.7. The Hall–Kier alpha value is -1.76. The molecule has 0 radical (unpaired) electrons. The van der Waals surface area contributed by atoms with E-state index < -0.39 is 0 Å². The van der Waals surface area contributed by atoms with Crippen LogP contribution in [0, 0.1) is 0 Å². The SMILES string of the molecule is C1=CCC2=C3C=CC=CC3NC=CC2=C1. The van der Waals surface area contributed by atoms with Crippen LogP contribution in [0.15, 0.2) is 71.5 Å². The quantitative estimate of drug-likeness (QED) is 0.626. The molecule has 1 heterocycles. The summed E-state index contributed by atoms with van der Waals surface area (Å²) in [7, 11) is 0. The maximum Gasteiger partial charge on any atom is 0.0698 e. The lowest BCUT2D eigenvalue weighted by Crippen LogP contribution is -2.24. The Kier molecular flexibility index (Phi) is 1.95. The number of allylic oxidation sites excluding steroid dienone is 8. The van der Waals surface area contributed by atoms with Crippen molar-refractivity contribution in [2.45, 2.75) is 12.5 Å². The zero-order valence-electron chi connectivity index (χ0n) is 8.48. The molecule has 0 amide bonds. The van der Waals surface area contributed by atoms with Crippen LogP contribution < -0.4 is 5.32 Å². The third-order valence-electron chi connectivity index (χ3n) is 2.99. The predicted octanol–water partition coefficient (Wildman–Crippen LogP) is 2.78. The summed E-state index contributed by atoms with van der Waals surface area (Å²) in [5.41, 5.74) is 4.19. The molecular weight excluding hydrogens is 182 g/mol. The van der Waals surface area contributed by atoms with Crippen LogP contribution in [0.4, 0.5) is 0 Å². The molecular formula is C14H13N. The summed E-state index contributed by atoms with van der Waals surface area (Å²) in [6.07, 6.45) is 20.4. The van der Waals surface area contributed by atoms with Crippen molar-refractivity contribution in [2.75, 3.05) is 0 Å². The molecule has 0 spiro atoms. The van der Waals surface area contributed by atoms with E-state index in [1.165, 1.54) is 16.7 Å². The Balaban J connectivity index is 2.15. The van der Waals surface area contributed by atoms with Gasteiger partial charge < -0.3 is 5.32 Å². The van der Waals surface area contributed by atoms with Crippen LogP contribution in [-0.2, 0) is 0 Å². The molecule has 0 aromatic heterocycles. The van der Waals surface area contributed by atoms with Gasteiger partial charge in [0.2, 0.25) is 0 Å². The van der Waals surface area contributed by atoms with E-state index >= 15 is 0 Å². The smallest absolute Gasteiger partial charge is 0.0698 e. The molecule has 0 fully saturated rings. The van der Waals surface area contributed by atoms with Gasteiger partial charge >= 0.3 is 0 Å². The largest absolute Gasteiger partial charge is 0.381 e. The molecule has 1 aliphatic heterocycles. The van der Waals surface area contributed by atoms with Crippen molar-refractivity contribution >= 4 is 0 Å². The Morgan fingerprint density at radius 2 is 2.13 bits per heavy atom. The van der Waals surface area contributed by atoms with E-state index in [1.54, 1.807) is 0 Å². The summed E-state index contributed by atoms with van der Waals surface area (Å²) in [6, 6.07) is 0.346. The number of hydrogen-bond acceptors (Lipinski definition) is 1. The minimum atomic E-state index is 0.346. The molecule has 2 aliphatic carbocycles. The topological polar surface area (TPSA) is 12.0 Å². The predicted molar refractivity (Wildman–Crippen MR) is 63.2 cm³/mol. The minimum Gasteiger partial charge on any atom is -0.381 e. The molecule has 3 rings (SSSR count). The van der Waals surface area contributed by atoms with Gasteiger partial charge in [0.1, 0.15) is 0 Å². The van der Waals surface area contributed by atoms with Gasteiger partial charge in [-0.25, -0.2) is 0 Å². The van der Waals surface area contributed by atoms with Crippen LogP contribution in [0.5, 0.6) is 0 Å². The number of hydrogen-bond donors (Lipinski definition) is 1. The highest BCUT2D eigenvalue weighted by molar-refractivity contribution is 5.55. The molecule has 1 heteroatoms. The van der Waals surface area contributed by atoms with E-state index in [1.807, 2.05) is 6.20 Å². The fourth-order valence-corrected chi connectivity index (χ4v) is 2.23. The maximum absolute atomic E-state index is 3.39. The molecule has 0 aromatic carbocycles. The summed E-state index contributed by atoms with van der Waals surface area (Å²) in [5, 5.41) is 3.39. The van der Waals surface area contributed by atoms with E-state index in [0.29, 0.717) is 6.04 Å². The van der Waals surface area contributed by atoms with Crippen molar-refractivity contribution in [3.8, 4) is 0 Å². The molecule has 1 nitrogen and oxygen atoms in total. The lowest BCUT2D eigenvalue weighted by atomic mass is 9.89. The van der Waals surface area contributed by atoms with E-state index in [-0.39, 0.29) is 0 Å². The Morgan fingerprint density at radius 3 is 3.13 bits per heavy atom. The highest BCUT2D eigenvalue weighted by atomic mass is 14.9. The number of rotatable bonds is 0. The Bertz CT molecular complexity index is 456. The number of nitrogens with one attached hydrogen (secondary N) is 1. The van der Waals surface area contributed by atoms with Crippen molar-refractivity contribution in [3.05, 3.63) is 71.5 Å². The molecule has 74 valence electrons. The fraction of sp³-hybridized carbons (Fsp3) is 0.143. The van der Waals surface area contributed by atoms with Crippen molar-refractivity contribution in [1.82, 2.24) is 5.32 Å². The van der Waals surface area contributed by atoms with E-state index in [0.717, 1.165) is 6.42 Å². The molecule has 0 bridgehead atoms. The van der Waals surface area contributed by atoms with Gasteiger partial charge in [0.25, 0.3) is 0 Å². The maximum atomic E-state index is 3.39. The van der Waals surface area contributed by atoms with Crippen LogP contribution in [0.25, 0.3) is 0 Å². The van der Waals surface area contributed by atoms with Gasteiger partial charge in [0.15, 0.2) is 0 Å². The molecule has 1 N–H and O–H groups in total.